The van der Waals surface area contributed by atoms with Gasteiger partial charge in [0.2, 0.25) is 0 Å². The lowest BCUT2D eigenvalue weighted by Gasteiger charge is -2.09. The summed E-state index contributed by atoms with van der Waals surface area (Å²) in [5.74, 6) is -8.19. The second-order valence-corrected chi connectivity index (χ2v) is 11.0. The van der Waals surface area contributed by atoms with Gasteiger partial charge in [0.15, 0.2) is 0 Å². The molecule has 0 radical (unpaired) electrons. The van der Waals surface area contributed by atoms with Gasteiger partial charge in [0.05, 0.1) is 0 Å². The minimum atomic E-state index is -2.10. The fourth-order valence-electron chi connectivity index (χ4n) is 4.31. The number of esters is 2. The number of rotatable bonds is 28. The van der Waals surface area contributed by atoms with Crippen LogP contribution in [0.2, 0.25) is 0 Å². The summed E-state index contributed by atoms with van der Waals surface area (Å²) < 4.78 is 8.83. The molecule has 4 N–H and O–H groups in total. The maximum atomic E-state index is 11.4. The second-order valence-electron chi connectivity index (χ2n) is 11.0. The summed E-state index contributed by atoms with van der Waals surface area (Å²) in [6.45, 7) is 4.39. The number of carbonyl (C=O) groups is 6. The topological polar surface area (TPSA) is 202 Å². The molecule has 0 rings (SSSR count). The molecule has 0 saturated carbocycles. The van der Waals surface area contributed by atoms with E-state index in [9.17, 15) is 28.8 Å². The average molecular weight is 633 g/mol. The van der Waals surface area contributed by atoms with Crippen LogP contribution in [0.5, 0.6) is 0 Å². The monoisotopic (exact) mass is 632 g/mol. The van der Waals surface area contributed by atoms with Gasteiger partial charge in [-0.05, 0) is 12.8 Å². The zero-order chi connectivity index (χ0) is 33.6. The molecule has 0 aromatic rings. The zero-order valence-electron chi connectivity index (χ0n) is 26.8. The van der Waals surface area contributed by atoms with E-state index in [1.807, 2.05) is 0 Å². The van der Waals surface area contributed by atoms with E-state index >= 15 is 0 Å². The summed E-state index contributed by atoms with van der Waals surface area (Å²) in [7, 11) is 0. The van der Waals surface area contributed by atoms with Crippen molar-refractivity contribution in [3.05, 3.63) is 0 Å². The molecule has 0 aromatic carbocycles. The number of carboxylic acid groups (broad SMARTS) is 4. The van der Waals surface area contributed by atoms with Gasteiger partial charge in [-0.1, -0.05) is 129 Å². The minimum Gasteiger partial charge on any atom is -0.478 e. The van der Waals surface area contributed by atoms with E-state index < -0.39 is 48.0 Å². The highest BCUT2D eigenvalue weighted by Crippen LogP contribution is 2.13. The molecule has 0 fully saturated rings. The molecule has 0 aliphatic heterocycles. The van der Waals surface area contributed by atoms with E-state index in [1.165, 1.54) is 77.0 Å². The molecular formula is C32H56O12. The number of unbranched alkanes of at least 4 members (excludes halogenated alkanes) is 18. The highest BCUT2D eigenvalue weighted by Gasteiger charge is 2.30. The van der Waals surface area contributed by atoms with Gasteiger partial charge in [0, 0.05) is 12.8 Å². The van der Waals surface area contributed by atoms with Crippen LogP contribution in [0.25, 0.3) is 0 Å². The molecule has 0 spiro atoms. The number of carboxylic acids is 4. The standard InChI is InChI=1S/C17H30O6.C15H26O6/c1-2-3-4-5-6-7-8-9-10-11-12-13-14(18)23-15(16(19)20)17(21)22;1-2-3-4-5-6-7-8-9-10-11-12(16)21-13(14(17)18)15(19)20/h15H,2-13H2,1H3,(H,19,20)(H,21,22);13H,2-11H2,1H3,(H,17,18)(H,19,20). The maximum absolute atomic E-state index is 11.4. The third-order valence-corrected chi connectivity index (χ3v) is 6.86. The molecule has 44 heavy (non-hydrogen) atoms. The number of hydrogen-bond donors (Lipinski definition) is 4. The number of aliphatic carboxylic acids is 4. The van der Waals surface area contributed by atoms with Crippen LogP contribution in [-0.4, -0.2) is 68.4 Å². The van der Waals surface area contributed by atoms with Crippen molar-refractivity contribution in [3.8, 4) is 0 Å². The fraction of sp³-hybridized carbons (Fsp3) is 0.812. The van der Waals surface area contributed by atoms with E-state index in [-0.39, 0.29) is 12.8 Å². The molecule has 0 amide bonds. The Hall–Kier alpha value is -3.18. The van der Waals surface area contributed by atoms with E-state index in [0.717, 1.165) is 38.5 Å². The lowest BCUT2D eigenvalue weighted by molar-refractivity contribution is -0.175. The van der Waals surface area contributed by atoms with Crippen molar-refractivity contribution in [2.45, 2.75) is 167 Å². The van der Waals surface area contributed by atoms with Crippen LogP contribution < -0.4 is 0 Å². The first-order chi connectivity index (χ1) is 21.0. The van der Waals surface area contributed by atoms with E-state index in [2.05, 4.69) is 23.3 Å². The highest BCUT2D eigenvalue weighted by atomic mass is 16.6. The van der Waals surface area contributed by atoms with Crippen LogP contribution in [0.15, 0.2) is 0 Å². The Morgan fingerprint density at radius 3 is 0.795 bits per heavy atom. The number of carbonyl (C=O) groups excluding carboxylic acids is 2. The van der Waals surface area contributed by atoms with Crippen LogP contribution >= 0.6 is 0 Å². The molecule has 0 atom stereocenters. The van der Waals surface area contributed by atoms with Gasteiger partial charge in [-0.2, -0.15) is 0 Å². The van der Waals surface area contributed by atoms with Gasteiger partial charge in [-0.25, -0.2) is 19.2 Å². The van der Waals surface area contributed by atoms with Crippen LogP contribution in [0.1, 0.15) is 155 Å². The van der Waals surface area contributed by atoms with Gasteiger partial charge < -0.3 is 29.9 Å². The Morgan fingerprint density at radius 1 is 0.386 bits per heavy atom. The van der Waals surface area contributed by atoms with Gasteiger partial charge in [-0.3, -0.25) is 9.59 Å². The SMILES string of the molecule is CCCCCCCCCCCC(=O)OC(C(=O)O)C(=O)O.CCCCCCCCCCCCCC(=O)OC(C(=O)O)C(=O)O. The smallest absolute Gasteiger partial charge is 0.356 e. The van der Waals surface area contributed by atoms with Gasteiger partial charge in [0.1, 0.15) is 0 Å². The second kappa shape index (κ2) is 29.9. The molecule has 0 saturated heterocycles. The van der Waals surface area contributed by atoms with E-state index in [1.54, 1.807) is 0 Å². The third kappa shape index (κ3) is 27.6. The summed E-state index contributed by atoms with van der Waals surface area (Å²) in [5, 5.41) is 34.3. The van der Waals surface area contributed by atoms with Crippen molar-refractivity contribution in [1.82, 2.24) is 0 Å². The predicted octanol–water partition coefficient (Wildman–Crippen LogP) is 6.76. The Kier molecular flexibility index (Phi) is 29.2. The molecular weight excluding hydrogens is 576 g/mol. The third-order valence-electron chi connectivity index (χ3n) is 6.86. The number of ether oxygens (including phenoxy) is 2. The average Bonchev–Trinajstić information content (AvgIpc) is 2.96. The van der Waals surface area contributed by atoms with E-state index in [4.69, 9.17) is 20.4 Å². The van der Waals surface area contributed by atoms with Crippen LogP contribution in [0, 0.1) is 0 Å². The largest absolute Gasteiger partial charge is 0.478 e. The number of hydrogen-bond acceptors (Lipinski definition) is 8. The van der Waals surface area contributed by atoms with Crippen molar-refractivity contribution >= 4 is 35.8 Å². The normalized spacial score (nSPS) is 10.6. The molecule has 0 aliphatic carbocycles. The van der Waals surface area contributed by atoms with E-state index in [0.29, 0.717) is 12.8 Å². The Labute approximate surface area is 261 Å². The molecule has 12 heteroatoms. The molecule has 0 bridgehead atoms. The van der Waals surface area contributed by atoms with Crippen LogP contribution in [0.4, 0.5) is 0 Å². The first-order valence-electron chi connectivity index (χ1n) is 16.3. The molecule has 0 aliphatic rings. The first kappa shape index (κ1) is 43.0. The summed E-state index contributed by atoms with van der Waals surface area (Å²) in [6.07, 6.45) is 18.4. The predicted molar refractivity (Wildman–Crippen MR) is 163 cm³/mol. The van der Waals surface area contributed by atoms with Crippen molar-refractivity contribution < 1.29 is 58.7 Å². The summed E-state index contributed by atoms with van der Waals surface area (Å²) in [5.41, 5.74) is 0. The Balaban J connectivity index is 0. The quantitative estimate of drug-likeness (QED) is 0.0402. The minimum absolute atomic E-state index is 0.0624. The van der Waals surface area contributed by atoms with Gasteiger partial charge in [-0.15, -0.1) is 0 Å². The summed E-state index contributed by atoms with van der Waals surface area (Å²) in [6, 6.07) is 0. The first-order valence-corrected chi connectivity index (χ1v) is 16.3. The van der Waals surface area contributed by atoms with Crippen LogP contribution in [0.3, 0.4) is 0 Å². The van der Waals surface area contributed by atoms with Crippen molar-refractivity contribution in [1.29, 1.82) is 0 Å². The molecule has 0 aromatic heterocycles. The van der Waals surface area contributed by atoms with Gasteiger partial charge in [0.25, 0.3) is 12.2 Å². The Bertz CT molecular complexity index is 783. The molecule has 12 nitrogen and oxygen atoms in total. The molecule has 256 valence electrons. The van der Waals surface area contributed by atoms with Crippen molar-refractivity contribution in [2.24, 2.45) is 0 Å². The zero-order valence-corrected chi connectivity index (χ0v) is 26.8. The van der Waals surface area contributed by atoms with Crippen molar-refractivity contribution in [2.75, 3.05) is 0 Å². The summed E-state index contributed by atoms with van der Waals surface area (Å²) >= 11 is 0. The fourth-order valence-corrected chi connectivity index (χ4v) is 4.31. The van der Waals surface area contributed by atoms with Crippen molar-refractivity contribution in [3.63, 3.8) is 0 Å². The maximum Gasteiger partial charge on any atom is 0.356 e. The lowest BCUT2D eigenvalue weighted by Crippen LogP contribution is -2.34. The molecule has 0 unspecified atom stereocenters. The highest BCUT2D eigenvalue weighted by molar-refractivity contribution is 5.98. The van der Waals surface area contributed by atoms with Gasteiger partial charge >= 0.3 is 35.8 Å². The lowest BCUT2D eigenvalue weighted by atomic mass is 10.1. The summed E-state index contributed by atoms with van der Waals surface area (Å²) in [4.78, 5) is 64.9. The van der Waals surface area contributed by atoms with Crippen LogP contribution in [-0.2, 0) is 38.2 Å². The molecule has 0 heterocycles. The Morgan fingerprint density at radius 2 is 0.591 bits per heavy atom.